The van der Waals surface area contributed by atoms with Crippen LogP contribution in [-0.2, 0) is 5.41 Å². The molecule has 0 bridgehead atoms. The fourth-order valence-corrected chi connectivity index (χ4v) is 2.63. The van der Waals surface area contributed by atoms with Gasteiger partial charge in [0.15, 0.2) is 0 Å². The number of halogens is 1. The minimum atomic E-state index is 0.273. The summed E-state index contributed by atoms with van der Waals surface area (Å²) in [5, 5.41) is 0. The Hall–Kier alpha value is -0.340. The third-order valence-electron chi connectivity index (χ3n) is 3.56. The van der Waals surface area contributed by atoms with E-state index in [1.165, 1.54) is 18.4 Å². The highest BCUT2D eigenvalue weighted by Crippen LogP contribution is 2.52. The quantitative estimate of drug-likeness (QED) is 0.892. The van der Waals surface area contributed by atoms with Gasteiger partial charge in [-0.3, -0.25) is 0 Å². The number of benzene rings is 1. The summed E-state index contributed by atoms with van der Waals surface area (Å²) in [5.41, 5.74) is 8.00. The Morgan fingerprint density at radius 3 is 2.13 bits per heavy atom. The van der Waals surface area contributed by atoms with Crippen LogP contribution < -0.4 is 5.73 Å². The SMILES string of the molecule is CC(C)C(N)C1(c2ccc(Br)cc2)CC1. The van der Waals surface area contributed by atoms with E-state index < -0.39 is 0 Å². The highest BCUT2D eigenvalue weighted by atomic mass is 79.9. The van der Waals surface area contributed by atoms with Crippen LogP contribution in [0.5, 0.6) is 0 Å². The van der Waals surface area contributed by atoms with Crippen molar-refractivity contribution in [3.05, 3.63) is 34.3 Å². The molecule has 1 unspecified atom stereocenters. The normalized spacial score (nSPS) is 20.3. The molecule has 2 rings (SSSR count). The number of hydrogen-bond donors (Lipinski definition) is 1. The zero-order valence-corrected chi connectivity index (χ0v) is 10.9. The predicted molar refractivity (Wildman–Crippen MR) is 67.9 cm³/mol. The van der Waals surface area contributed by atoms with Crippen molar-refractivity contribution in [2.75, 3.05) is 0 Å². The zero-order chi connectivity index (χ0) is 11.1. The van der Waals surface area contributed by atoms with Gasteiger partial charge in [-0.05, 0) is 36.5 Å². The third kappa shape index (κ3) is 1.98. The molecule has 1 aromatic carbocycles. The molecule has 0 spiro atoms. The zero-order valence-electron chi connectivity index (χ0n) is 9.33. The molecule has 1 aliphatic carbocycles. The molecule has 2 heteroatoms. The molecule has 0 aliphatic heterocycles. The van der Waals surface area contributed by atoms with E-state index in [2.05, 4.69) is 54.0 Å². The largest absolute Gasteiger partial charge is 0.327 e. The number of nitrogens with two attached hydrogens (primary N) is 1. The molecule has 1 fully saturated rings. The summed E-state index contributed by atoms with van der Waals surface area (Å²) >= 11 is 3.47. The molecule has 0 heterocycles. The average molecular weight is 268 g/mol. The lowest BCUT2D eigenvalue weighted by Crippen LogP contribution is -2.39. The van der Waals surface area contributed by atoms with E-state index >= 15 is 0 Å². The van der Waals surface area contributed by atoms with Crippen molar-refractivity contribution >= 4 is 15.9 Å². The van der Waals surface area contributed by atoms with Crippen LogP contribution in [0, 0.1) is 5.92 Å². The lowest BCUT2D eigenvalue weighted by Gasteiger charge is -2.27. The van der Waals surface area contributed by atoms with Crippen LogP contribution in [0.1, 0.15) is 32.3 Å². The van der Waals surface area contributed by atoms with Crippen molar-refractivity contribution < 1.29 is 0 Å². The summed E-state index contributed by atoms with van der Waals surface area (Å²) in [6.45, 7) is 4.42. The monoisotopic (exact) mass is 267 g/mol. The van der Waals surface area contributed by atoms with E-state index in [9.17, 15) is 0 Å². The van der Waals surface area contributed by atoms with Crippen LogP contribution >= 0.6 is 15.9 Å². The highest BCUT2D eigenvalue weighted by Gasteiger charge is 2.49. The first-order valence-corrected chi connectivity index (χ1v) is 6.37. The Kier molecular flexibility index (Phi) is 2.91. The van der Waals surface area contributed by atoms with Crippen molar-refractivity contribution in [1.29, 1.82) is 0 Å². The Balaban J connectivity index is 2.26. The molecule has 0 aromatic heterocycles. The summed E-state index contributed by atoms with van der Waals surface area (Å²) < 4.78 is 1.14. The van der Waals surface area contributed by atoms with Gasteiger partial charge in [0.25, 0.3) is 0 Å². The van der Waals surface area contributed by atoms with E-state index in [1.807, 2.05) is 0 Å². The first-order chi connectivity index (χ1) is 7.06. The van der Waals surface area contributed by atoms with E-state index in [0.717, 1.165) is 4.47 Å². The lowest BCUT2D eigenvalue weighted by molar-refractivity contribution is 0.401. The minimum Gasteiger partial charge on any atom is -0.327 e. The van der Waals surface area contributed by atoms with Crippen molar-refractivity contribution in [3.8, 4) is 0 Å². The van der Waals surface area contributed by atoms with Crippen LogP contribution in [0.2, 0.25) is 0 Å². The second-order valence-electron chi connectivity index (χ2n) is 4.93. The summed E-state index contributed by atoms with van der Waals surface area (Å²) in [4.78, 5) is 0. The maximum atomic E-state index is 6.32. The second kappa shape index (κ2) is 3.91. The molecule has 1 aromatic rings. The van der Waals surface area contributed by atoms with Gasteiger partial charge in [-0.15, -0.1) is 0 Å². The van der Waals surface area contributed by atoms with E-state index in [-0.39, 0.29) is 5.41 Å². The molecule has 2 N–H and O–H groups in total. The molecule has 0 saturated heterocycles. The van der Waals surface area contributed by atoms with Gasteiger partial charge in [0.2, 0.25) is 0 Å². The van der Waals surface area contributed by atoms with Crippen LogP contribution in [0.4, 0.5) is 0 Å². The van der Waals surface area contributed by atoms with Crippen LogP contribution in [0.15, 0.2) is 28.7 Å². The van der Waals surface area contributed by atoms with Crippen LogP contribution in [0.3, 0.4) is 0 Å². The van der Waals surface area contributed by atoms with Gasteiger partial charge in [0, 0.05) is 15.9 Å². The summed E-state index contributed by atoms with van der Waals surface area (Å²) in [5.74, 6) is 0.552. The van der Waals surface area contributed by atoms with Gasteiger partial charge in [-0.2, -0.15) is 0 Å². The van der Waals surface area contributed by atoms with Gasteiger partial charge in [0.05, 0.1) is 0 Å². The van der Waals surface area contributed by atoms with Gasteiger partial charge in [-0.1, -0.05) is 41.9 Å². The third-order valence-corrected chi connectivity index (χ3v) is 4.09. The predicted octanol–water partition coefficient (Wildman–Crippen LogP) is 3.46. The van der Waals surface area contributed by atoms with Crippen LogP contribution in [0.25, 0.3) is 0 Å². The molecule has 82 valence electrons. The lowest BCUT2D eigenvalue weighted by atomic mass is 9.83. The minimum absolute atomic E-state index is 0.273. The molecule has 1 aliphatic rings. The molecule has 15 heavy (non-hydrogen) atoms. The molecule has 1 saturated carbocycles. The van der Waals surface area contributed by atoms with Gasteiger partial charge < -0.3 is 5.73 Å². The highest BCUT2D eigenvalue weighted by molar-refractivity contribution is 9.10. The van der Waals surface area contributed by atoms with Crippen molar-refractivity contribution in [2.24, 2.45) is 11.7 Å². The summed E-state index contributed by atoms with van der Waals surface area (Å²) in [6, 6.07) is 8.93. The molecule has 1 atom stereocenters. The molecule has 0 amide bonds. The van der Waals surface area contributed by atoms with Gasteiger partial charge in [0.1, 0.15) is 0 Å². The summed E-state index contributed by atoms with van der Waals surface area (Å²) in [7, 11) is 0. The molecule has 0 radical (unpaired) electrons. The van der Waals surface area contributed by atoms with E-state index in [4.69, 9.17) is 5.73 Å². The first kappa shape index (κ1) is 11.2. The Morgan fingerprint density at radius 2 is 1.73 bits per heavy atom. The van der Waals surface area contributed by atoms with Crippen molar-refractivity contribution in [3.63, 3.8) is 0 Å². The smallest absolute Gasteiger partial charge is 0.0175 e. The first-order valence-electron chi connectivity index (χ1n) is 5.58. The average Bonchev–Trinajstić information content (AvgIpc) is 2.99. The van der Waals surface area contributed by atoms with E-state index in [1.54, 1.807) is 0 Å². The Morgan fingerprint density at radius 1 is 1.20 bits per heavy atom. The second-order valence-corrected chi connectivity index (χ2v) is 5.85. The number of hydrogen-bond acceptors (Lipinski definition) is 1. The Bertz CT molecular complexity index is 338. The summed E-state index contributed by atoms with van der Waals surface area (Å²) in [6.07, 6.45) is 2.49. The molecule has 1 nitrogen and oxygen atoms in total. The number of rotatable bonds is 3. The fraction of sp³-hybridized carbons (Fsp3) is 0.538. The fourth-order valence-electron chi connectivity index (χ4n) is 2.37. The maximum absolute atomic E-state index is 6.32. The van der Waals surface area contributed by atoms with Gasteiger partial charge in [-0.25, -0.2) is 0 Å². The Labute approximate surface area is 100 Å². The molecular weight excluding hydrogens is 250 g/mol. The van der Waals surface area contributed by atoms with E-state index in [0.29, 0.717) is 12.0 Å². The van der Waals surface area contributed by atoms with Gasteiger partial charge >= 0.3 is 0 Å². The van der Waals surface area contributed by atoms with Crippen LogP contribution in [-0.4, -0.2) is 6.04 Å². The van der Waals surface area contributed by atoms with Crippen molar-refractivity contribution in [2.45, 2.75) is 38.1 Å². The van der Waals surface area contributed by atoms with Crippen molar-refractivity contribution in [1.82, 2.24) is 0 Å². The maximum Gasteiger partial charge on any atom is 0.0175 e. The molecular formula is C13H18BrN. The topological polar surface area (TPSA) is 26.0 Å². The standard InChI is InChI=1S/C13H18BrN/c1-9(2)12(15)13(7-8-13)10-3-5-11(14)6-4-10/h3-6,9,12H,7-8,15H2,1-2H3.